The third-order valence-corrected chi connectivity index (χ3v) is 12.6. The Bertz CT molecular complexity index is 1680. The van der Waals surface area contributed by atoms with Crippen LogP contribution in [-0.2, 0) is 28.6 Å². The fraction of sp³-hybridized carbons (Fsp3) is 0.614. The Hall–Kier alpha value is -4.71. The first-order valence-electron chi connectivity index (χ1n) is 30.8. The van der Waals surface area contributed by atoms with Crippen molar-refractivity contribution < 1.29 is 28.6 Å². The van der Waals surface area contributed by atoms with Gasteiger partial charge in [-0.05, 0) is 116 Å². The molecule has 0 N–H and O–H groups in total. The Kier molecular flexibility index (Phi) is 58.9. The van der Waals surface area contributed by atoms with Gasteiger partial charge in [-0.3, -0.25) is 14.4 Å². The summed E-state index contributed by atoms with van der Waals surface area (Å²) in [4.78, 5) is 38.2. The van der Waals surface area contributed by atoms with Crippen LogP contribution in [0.3, 0.4) is 0 Å². The van der Waals surface area contributed by atoms with Gasteiger partial charge in [0.25, 0.3) is 0 Å². The lowest BCUT2D eigenvalue weighted by molar-refractivity contribution is -0.167. The van der Waals surface area contributed by atoms with Gasteiger partial charge in [0.15, 0.2) is 6.10 Å². The van der Waals surface area contributed by atoms with Crippen LogP contribution in [-0.4, -0.2) is 37.2 Å². The van der Waals surface area contributed by atoms with Crippen LogP contribution in [0.2, 0.25) is 0 Å². The maximum atomic E-state index is 12.9. The second kappa shape index (κ2) is 62.8. The molecule has 6 nitrogen and oxygen atoms in total. The largest absolute Gasteiger partial charge is 0.462 e. The van der Waals surface area contributed by atoms with Gasteiger partial charge in [-0.15, -0.1) is 0 Å². The van der Waals surface area contributed by atoms with Crippen molar-refractivity contribution in [2.75, 3.05) is 13.2 Å². The van der Waals surface area contributed by atoms with Crippen molar-refractivity contribution in [2.45, 2.75) is 264 Å². The van der Waals surface area contributed by atoms with Crippen LogP contribution in [0.1, 0.15) is 258 Å². The van der Waals surface area contributed by atoms with E-state index in [1.807, 2.05) is 0 Å². The highest BCUT2D eigenvalue weighted by Crippen LogP contribution is 2.15. The van der Waals surface area contributed by atoms with E-state index < -0.39 is 6.10 Å². The zero-order chi connectivity index (χ0) is 55.0. The maximum absolute atomic E-state index is 12.9. The SMILES string of the molecule is CC/C=C\C/C=C\C/C=C\C/C=C\C/C=C\C/C=C\C/C=C\C/C=C\C/C=C\CCCC(=O)OCC(COC(=O)CCCCC/C=C\C/C=C\C/C=C\CC)OC(=O)CCCCCCCCCCCCCCCCCC. The van der Waals surface area contributed by atoms with E-state index in [4.69, 9.17) is 14.2 Å². The van der Waals surface area contributed by atoms with E-state index in [2.05, 4.69) is 167 Å². The van der Waals surface area contributed by atoms with E-state index in [0.29, 0.717) is 19.3 Å². The molecule has 0 aromatic carbocycles. The van der Waals surface area contributed by atoms with Crippen LogP contribution in [0.25, 0.3) is 0 Å². The first-order valence-corrected chi connectivity index (χ1v) is 30.8. The van der Waals surface area contributed by atoms with Gasteiger partial charge in [-0.1, -0.05) is 269 Å². The van der Waals surface area contributed by atoms with Crippen LogP contribution in [0.4, 0.5) is 0 Å². The van der Waals surface area contributed by atoms with E-state index in [1.165, 1.54) is 83.5 Å². The first-order chi connectivity index (χ1) is 37.5. The highest BCUT2D eigenvalue weighted by molar-refractivity contribution is 5.71. The fourth-order valence-corrected chi connectivity index (χ4v) is 8.05. The number of hydrogen-bond acceptors (Lipinski definition) is 6. The molecule has 0 radical (unpaired) electrons. The zero-order valence-electron chi connectivity index (χ0n) is 49.0. The van der Waals surface area contributed by atoms with Crippen LogP contribution in [0, 0.1) is 0 Å². The second-order valence-corrected chi connectivity index (χ2v) is 19.9. The molecular weight excluding hydrogens is 937 g/mol. The zero-order valence-corrected chi connectivity index (χ0v) is 49.0. The molecule has 0 heterocycles. The number of unbranched alkanes of at least 4 members (excludes halogenated alkanes) is 19. The van der Waals surface area contributed by atoms with Crippen molar-refractivity contribution in [2.24, 2.45) is 0 Å². The minimum atomic E-state index is -0.818. The molecule has 0 saturated carbocycles. The smallest absolute Gasteiger partial charge is 0.306 e. The standard InChI is InChI=1S/C70H112O6/c1-4-7-10-13-16-19-22-25-27-29-30-31-32-33-34-35-36-37-38-39-40-41-43-45-48-51-54-57-60-63-69(72)75-66-67(65-74-68(71)62-59-56-53-50-47-44-24-21-18-15-12-9-6-3)76-70(73)64-61-58-55-52-49-46-42-28-26-23-20-17-14-11-8-5-2/h7,9-10,12,16,18-19,21,25,27,30-31,33-34,36-37,39-40,43-45,47,51,54,67H,4-6,8,11,13-15,17,20,22-24,26,28-29,32,35,38,41-42,46,48-50,52-53,55-66H2,1-3H3/b10-7-,12-9-,19-16-,21-18-,27-25-,31-30-,34-33-,37-36-,40-39-,45-43-,47-44-,54-51-. The summed E-state index contributed by atoms with van der Waals surface area (Å²) in [5, 5.41) is 0. The molecule has 428 valence electrons. The van der Waals surface area contributed by atoms with E-state index in [9.17, 15) is 14.4 Å². The van der Waals surface area contributed by atoms with E-state index in [1.54, 1.807) is 0 Å². The Labute approximate surface area is 467 Å². The summed E-state index contributed by atoms with van der Waals surface area (Å²) in [6, 6.07) is 0. The van der Waals surface area contributed by atoms with Gasteiger partial charge in [-0.2, -0.15) is 0 Å². The average molecular weight is 1050 g/mol. The highest BCUT2D eigenvalue weighted by Gasteiger charge is 2.19. The molecule has 0 aliphatic carbocycles. The van der Waals surface area contributed by atoms with Gasteiger partial charge < -0.3 is 14.2 Å². The van der Waals surface area contributed by atoms with Gasteiger partial charge >= 0.3 is 17.9 Å². The average Bonchev–Trinajstić information content (AvgIpc) is 3.42. The number of carbonyl (C=O) groups is 3. The summed E-state index contributed by atoms with van der Waals surface area (Å²) in [5.74, 6) is -1.00. The third kappa shape index (κ3) is 60.2. The van der Waals surface area contributed by atoms with Crippen molar-refractivity contribution in [3.8, 4) is 0 Å². The van der Waals surface area contributed by atoms with Crippen molar-refractivity contribution in [1.29, 1.82) is 0 Å². The second-order valence-electron chi connectivity index (χ2n) is 19.9. The Morgan fingerprint density at radius 1 is 0.276 bits per heavy atom. The van der Waals surface area contributed by atoms with E-state index in [0.717, 1.165) is 128 Å². The molecule has 0 aromatic heterocycles. The van der Waals surface area contributed by atoms with Crippen LogP contribution in [0.15, 0.2) is 146 Å². The molecule has 1 atom stereocenters. The summed E-state index contributed by atoms with van der Waals surface area (Å²) in [7, 11) is 0. The molecule has 1 unspecified atom stereocenters. The molecule has 0 saturated heterocycles. The molecule has 0 rings (SSSR count). The lowest BCUT2D eigenvalue weighted by Gasteiger charge is -2.18. The number of rotatable bonds is 54. The molecule has 0 aromatic rings. The number of allylic oxidation sites excluding steroid dienone is 24. The van der Waals surface area contributed by atoms with Gasteiger partial charge in [0.2, 0.25) is 0 Å². The predicted molar refractivity (Wildman–Crippen MR) is 329 cm³/mol. The molecule has 0 spiro atoms. The van der Waals surface area contributed by atoms with E-state index in [-0.39, 0.29) is 37.5 Å². The quantitative estimate of drug-likeness (QED) is 0.0261. The summed E-state index contributed by atoms with van der Waals surface area (Å²) in [6.07, 6.45) is 90.0. The molecule has 0 aliphatic heterocycles. The minimum absolute atomic E-state index is 0.114. The van der Waals surface area contributed by atoms with Crippen molar-refractivity contribution in [3.05, 3.63) is 146 Å². The van der Waals surface area contributed by atoms with E-state index >= 15 is 0 Å². The number of ether oxygens (including phenoxy) is 3. The summed E-state index contributed by atoms with van der Waals surface area (Å²) < 4.78 is 16.8. The number of carbonyl (C=O) groups excluding carboxylic acids is 3. The van der Waals surface area contributed by atoms with Crippen molar-refractivity contribution >= 4 is 17.9 Å². The maximum Gasteiger partial charge on any atom is 0.306 e. The molecule has 0 aliphatic rings. The lowest BCUT2D eigenvalue weighted by Crippen LogP contribution is -2.30. The van der Waals surface area contributed by atoms with Crippen molar-refractivity contribution in [3.63, 3.8) is 0 Å². The Balaban J connectivity index is 4.45. The van der Waals surface area contributed by atoms with Gasteiger partial charge in [0, 0.05) is 19.3 Å². The highest BCUT2D eigenvalue weighted by atomic mass is 16.6. The Morgan fingerprint density at radius 2 is 0.526 bits per heavy atom. The summed E-state index contributed by atoms with van der Waals surface area (Å²) >= 11 is 0. The Morgan fingerprint density at radius 3 is 0.855 bits per heavy atom. The third-order valence-electron chi connectivity index (χ3n) is 12.6. The van der Waals surface area contributed by atoms with Gasteiger partial charge in [0.1, 0.15) is 13.2 Å². The fourth-order valence-electron chi connectivity index (χ4n) is 8.05. The molecule has 0 fully saturated rings. The molecule has 0 bridgehead atoms. The first kappa shape index (κ1) is 71.3. The monoisotopic (exact) mass is 1050 g/mol. The molecular formula is C70H112O6. The number of esters is 3. The van der Waals surface area contributed by atoms with Crippen LogP contribution >= 0.6 is 0 Å². The molecule has 6 heteroatoms. The van der Waals surface area contributed by atoms with Gasteiger partial charge in [-0.25, -0.2) is 0 Å². The van der Waals surface area contributed by atoms with Crippen molar-refractivity contribution in [1.82, 2.24) is 0 Å². The topological polar surface area (TPSA) is 78.9 Å². The van der Waals surface area contributed by atoms with Gasteiger partial charge in [0.05, 0.1) is 0 Å². The normalized spacial score (nSPS) is 13.1. The van der Waals surface area contributed by atoms with Crippen LogP contribution in [0.5, 0.6) is 0 Å². The molecule has 76 heavy (non-hydrogen) atoms. The predicted octanol–water partition coefficient (Wildman–Crippen LogP) is 21.2. The summed E-state index contributed by atoms with van der Waals surface area (Å²) in [5.41, 5.74) is 0. The number of hydrogen-bond donors (Lipinski definition) is 0. The molecule has 0 amide bonds. The van der Waals surface area contributed by atoms with Crippen LogP contribution < -0.4 is 0 Å². The summed E-state index contributed by atoms with van der Waals surface area (Å²) in [6.45, 7) is 6.34. The minimum Gasteiger partial charge on any atom is -0.462 e. The lowest BCUT2D eigenvalue weighted by atomic mass is 10.0.